The highest BCUT2D eigenvalue weighted by molar-refractivity contribution is 5.77. The lowest BCUT2D eigenvalue weighted by Gasteiger charge is -2.24. The van der Waals surface area contributed by atoms with E-state index in [1.165, 1.54) is 109 Å². The van der Waals surface area contributed by atoms with E-state index in [-0.39, 0.29) is 24.9 Å². The SMILES string of the molecule is CCCCC/C=C\C/C=C\C/C=C\C/C=C\CCCC(=O)OC(CCCCCC/C=C\C/C=C\C/C=C\CCCCC)CC(=O)NC(CO)C(O)CCCCCCCCCCCCCC. The Morgan fingerprint density at radius 1 is 0.446 bits per heavy atom. The summed E-state index contributed by atoms with van der Waals surface area (Å²) in [6.07, 6.45) is 67.8. The van der Waals surface area contributed by atoms with E-state index in [0.717, 1.165) is 89.9 Å². The van der Waals surface area contributed by atoms with E-state index in [1.54, 1.807) is 0 Å². The van der Waals surface area contributed by atoms with E-state index in [9.17, 15) is 19.8 Å². The van der Waals surface area contributed by atoms with Gasteiger partial charge in [0.1, 0.15) is 6.10 Å². The van der Waals surface area contributed by atoms with Crippen molar-refractivity contribution in [2.24, 2.45) is 0 Å². The zero-order valence-electron chi connectivity index (χ0n) is 42.6. The van der Waals surface area contributed by atoms with Gasteiger partial charge >= 0.3 is 5.97 Å². The Kier molecular flexibility index (Phi) is 49.6. The van der Waals surface area contributed by atoms with Crippen molar-refractivity contribution in [3.05, 3.63) is 85.1 Å². The summed E-state index contributed by atoms with van der Waals surface area (Å²) in [7, 11) is 0. The number of aliphatic hydroxyl groups is 2. The van der Waals surface area contributed by atoms with Crippen molar-refractivity contribution in [2.75, 3.05) is 6.61 Å². The predicted octanol–water partition coefficient (Wildman–Crippen LogP) is 16.7. The molecule has 0 rings (SSSR count). The van der Waals surface area contributed by atoms with Crippen LogP contribution in [0.15, 0.2) is 85.1 Å². The Hall–Kier alpha value is -2.96. The number of hydrogen-bond donors (Lipinski definition) is 3. The molecule has 0 heterocycles. The van der Waals surface area contributed by atoms with Gasteiger partial charge in [0.2, 0.25) is 5.91 Å². The van der Waals surface area contributed by atoms with Gasteiger partial charge in [0.05, 0.1) is 25.2 Å². The van der Waals surface area contributed by atoms with Crippen molar-refractivity contribution >= 4 is 11.9 Å². The number of ether oxygens (including phenoxy) is 1. The molecule has 0 bridgehead atoms. The van der Waals surface area contributed by atoms with Crippen LogP contribution in [0.4, 0.5) is 0 Å². The Balaban J connectivity index is 4.74. The van der Waals surface area contributed by atoms with Crippen molar-refractivity contribution < 1.29 is 24.5 Å². The molecule has 0 fully saturated rings. The number of hydrogen-bond acceptors (Lipinski definition) is 5. The number of carbonyl (C=O) groups is 2. The van der Waals surface area contributed by atoms with Gasteiger partial charge in [-0.15, -0.1) is 0 Å². The van der Waals surface area contributed by atoms with E-state index < -0.39 is 18.2 Å². The minimum Gasteiger partial charge on any atom is -0.462 e. The molecule has 0 spiro atoms. The third kappa shape index (κ3) is 47.3. The fourth-order valence-corrected chi connectivity index (χ4v) is 7.78. The van der Waals surface area contributed by atoms with Crippen LogP contribution in [0.25, 0.3) is 0 Å². The normalized spacial score (nSPS) is 13.9. The lowest BCUT2D eigenvalue weighted by atomic mass is 10.0. The Morgan fingerprint density at radius 2 is 0.785 bits per heavy atom. The maximum absolute atomic E-state index is 13.2. The molecule has 0 saturated heterocycles. The van der Waals surface area contributed by atoms with E-state index in [1.807, 2.05) is 0 Å². The van der Waals surface area contributed by atoms with Crippen LogP contribution < -0.4 is 5.32 Å². The first-order chi connectivity index (χ1) is 32.0. The smallest absolute Gasteiger partial charge is 0.306 e. The molecule has 0 aromatic heterocycles. The molecule has 1 amide bonds. The van der Waals surface area contributed by atoms with Crippen LogP contribution in [0.1, 0.15) is 252 Å². The van der Waals surface area contributed by atoms with Gasteiger partial charge in [0, 0.05) is 6.42 Å². The summed E-state index contributed by atoms with van der Waals surface area (Å²) in [5, 5.41) is 23.8. The number of carbonyl (C=O) groups excluding carboxylic acids is 2. The van der Waals surface area contributed by atoms with Gasteiger partial charge in [-0.3, -0.25) is 9.59 Å². The second kappa shape index (κ2) is 52.0. The van der Waals surface area contributed by atoms with Crippen molar-refractivity contribution in [3.63, 3.8) is 0 Å². The van der Waals surface area contributed by atoms with Crippen LogP contribution >= 0.6 is 0 Å². The molecule has 0 aromatic rings. The number of nitrogens with one attached hydrogen (secondary N) is 1. The summed E-state index contributed by atoms with van der Waals surface area (Å²) in [6, 6.07) is -0.724. The van der Waals surface area contributed by atoms with Crippen molar-refractivity contribution in [1.82, 2.24) is 5.32 Å². The average Bonchev–Trinajstić information content (AvgIpc) is 3.30. The summed E-state index contributed by atoms with van der Waals surface area (Å²) < 4.78 is 5.91. The number of aliphatic hydroxyl groups excluding tert-OH is 2. The zero-order chi connectivity index (χ0) is 47.4. The van der Waals surface area contributed by atoms with Gasteiger partial charge in [-0.05, 0) is 103 Å². The Bertz CT molecular complexity index is 1250. The number of allylic oxidation sites excluding steroid dienone is 14. The highest BCUT2D eigenvalue weighted by Crippen LogP contribution is 2.17. The molecule has 3 N–H and O–H groups in total. The van der Waals surface area contributed by atoms with Gasteiger partial charge in [-0.2, -0.15) is 0 Å². The van der Waals surface area contributed by atoms with Crippen LogP contribution in [0.3, 0.4) is 0 Å². The maximum Gasteiger partial charge on any atom is 0.306 e. The molecule has 0 radical (unpaired) electrons. The molecular weight excluding hydrogens is 803 g/mol. The molecular formula is C59H103NO5. The molecule has 65 heavy (non-hydrogen) atoms. The summed E-state index contributed by atoms with van der Waals surface area (Å²) >= 11 is 0. The second-order valence-corrected chi connectivity index (χ2v) is 18.3. The van der Waals surface area contributed by atoms with Crippen LogP contribution in [0.5, 0.6) is 0 Å². The number of unbranched alkanes of at least 4 members (excludes halogenated alkanes) is 22. The predicted molar refractivity (Wildman–Crippen MR) is 282 cm³/mol. The summed E-state index contributed by atoms with van der Waals surface area (Å²) in [6.45, 7) is 6.41. The quantitative estimate of drug-likeness (QED) is 0.0321. The second-order valence-electron chi connectivity index (χ2n) is 18.3. The Labute approximate surface area is 402 Å². The first kappa shape index (κ1) is 62.0. The van der Waals surface area contributed by atoms with Crippen molar-refractivity contribution in [2.45, 2.75) is 270 Å². The molecule has 0 aliphatic carbocycles. The van der Waals surface area contributed by atoms with Gasteiger partial charge in [-0.1, -0.05) is 221 Å². The average molecular weight is 906 g/mol. The lowest BCUT2D eigenvalue weighted by Crippen LogP contribution is -2.46. The fraction of sp³-hybridized carbons (Fsp3) is 0.729. The highest BCUT2D eigenvalue weighted by atomic mass is 16.5. The van der Waals surface area contributed by atoms with Crippen LogP contribution in [0.2, 0.25) is 0 Å². The minimum absolute atomic E-state index is 0.0373. The monoisotopic (exact) mass is 906 g/mol. The molecule has 6 heteroatoms. The van der Waals surface area contributed by atoms with E-state index in [0.29, 0.717) is 25.7 Å². The lowest BCUT2D eigenvalue weighted by molar-refractivity contribution is -0.151. The fourth-order valence-electron chi connectivity index (χ4n) is 7.78. The first-order valence-corrected chi connectivity index (χ1v) is 27.3. The van der Waals surface area contributed by atoms with Crippen LogP contribution in [0, 0.1) is 0 Å². The topological polar surface area (TPSA) is 95.9 Å². The van der Waals surface area contributed by atoms with Gasteiger partial charge in [0.25, 0.3) is 0 Å². The first-order valence-electron chi connectivity index (χ1n) is 27.3. The molecule has 374 valence electrons. The highest BCUT2D eigenvalue weighted by Gasteiger charge is 2.24. The summed E-state index contributed by atoms with van der Waals surface area (Å²) in [4.78, 5) is 26.2. The molecule has 3 atom stereocenters. The third-order valence-corrected chi connectivity index (χ3v) is 11.9. The van der Waals surface area contributed by atoms with E-state index >= 15 is 0 Å². The molecule has 0 saturated carbocycles. The van der Waals surface area contributed by atoms with Gasteiger partial charge in [0.15, 0.2) is 0 Å². The molecule has 0 aliphatic heterocycles. The molecule has 3 unspecified atom stereocenters. The minimum atomic E-state index is -0.807. The van der Waals surface area contributed by atoms with Crippen molar-refractivity contribution in [3.8, 4) is 0 Å². The van der Waals surface area contributed by atoms with E-state index in [4.69, 9.17) is 4.74 Å². The summed E-state index contributed by atoms with van der Waals surface area (Å²) in [5.74, 6) is -0.564. The van der Waals surface area contributed by atoms with Gasteiger partial charge in [-0.25, -0.2) is 0 Å². The number of rotatable bonds is 48. The third-order valence-electron chi connectivity index (χ3n) is 11.9. The molecule has 0 aromatic carbocycles. The maximum atomic E-state index is 13.2. The summed E-state index contributed by atoms with van der Waals surface area (Å²) in [5.41, 5.74) is 0. The molecule has 6 nitrogen and oxygen atoms in total. The van der Waals surface area contributed by atoms with Crippen molar-refractivity contribution in [1.29, 1.82) is 0 Å². The van der Waals surface area contributed by atoms with E-state index in [2.05, 4.69) is 111 Å². The van der Waals surface area contributed by atoms with Crippen LogP contribution in [-0.4, -0.2) is 46.9 Å². The number of amides is 1. The standard InChI is InChI=1S/C59H103NO5/c1-4-7-10-13-16-19-22-25-27-29-31-33-35-38-41-44-47-50-55(65-59(64)52-49-46-43-40-37-34-32-30-28-26-23-20-17-14-11-8-5-2)53-58(63)60-56(54-61)57(62)51-48-45-42-39-36-24-21-18-15-12-9-6-3/h16-17,19-20,25-28,31-34,40,43,55-57,61-62H,4-15,18,21-24,29-30,35-39,41-42,44-54H2,1-3H3,(H,60,63)/b19-16-,20-17-,27-25-,28-26-,33-31-,34-32-,43-40-. The van der Waals surface area contributed by atoms with Gasteiger partial charge < -0.3 is 20.3 Å². The largest absolute Gasteiger partial charge is 0.462 e. The number of esters is 1. The zero-order valence-corrected chi connectivity index (χ0v) is 42.6. The van der Waals surface area contributed by atoms with Crippen LogP contribution in [-0.2, 0) is 14.3 Å². The molecule has 0 aliphatic rings. The Morgan fingerprint density at radius 3 is 1.22 bits per heavy atom.